The van der Waals surface area contributed by atoms with Gasteiger partial charge in [-0.25, -0.2) is 9.78 Å². The second-order valence-corrected chi connectivity index (χ2v) is 9.23. The van der Waals surface area contributed by atoms with Crippen molar-refractivity contribution in [3.05, 3.63) is 23.4 Å². The maximum Gasteiger partial charge on any atom is 0.326 e. The number of rotatable bonds is 11. The molecule has 1 fully saturated rings. The number of nitrogens with one attached hydrogen (secondary N) is 2. The Kier molecular flexibility index (Phi) is 8.69. The first kappa shape index (κ1) is 23.5. The van der Waals surface area contributed by atoms with E-state index in [0.29, 0.717) is 19.6 Å². The highest BCUT2D eigenvalue weighted by Gasteiger charge is 2.37. The number of fused-ring (bicyclic) bond motifs is 1. The van der Waals surface area contributed by atoms with Gasteiger partial charge in [-0.1, -0.05) is 31.7 Å². The number of aliphatic carboxylic acids is 1. The van der Waals surface area contributed by atoms with E-state index >= 15 is 0 Å². The molecular weight excluding hydrogens is 394 g/mol. The lowest BCUT2D eigenvalue weighted by molar-refractivity contribution is -0.146. The van der Waals surface area contributed by atoms with E-state index in [1.165, 1.54) is 12.0 Å². The lowest BCUT2D eigenvalue weighted by Gasteiger charge is -2.33. The lowest BCUT2D eigenvalue weighted by atomic mass is 9.83. The molecule has 0 saturated carbocycles. The van der Waals surface area contributed by atoms with E-state index in [-0.39, 0.29) is 5.91 Å². The van der Waals surface area contributed by atoms with Crippen LogP contribution in [-0.2, 0) is 27.2 Å². The van der Waals surface area contributed by atoms with Crippen LogP contribution in [0.25, 0.3) is 0 Å². The Balaban J connectivity index is 1.31. The molecule has 31 heavy (non-hydrogen) atoms. The number of ether oxygens (including phenoxy) is 1. The van der Waals surface area contributed by atoms with Crippen LogP contribution < -0.4 is 10.6 Å². The summed E-state index contributed by atoms with van der Waals surface area (Å²) in [5.41, 5.74) is 1.84. The van der Waals surface area contributed by atoms with Crippen LogP contribution in [0, 0.1) is 5.41 Å². The third kappa shape index (κ3) is 6.92. The predicted molar refractivity (Wildman–Crippen MR) is 120 cm³/mol. The zero-order chi connectivity index (χ0) is 22.1. The molecule has 0 aromatic carbocycles. The van der Waals surface area contributed by atoms with Crippen molar-refractivity contribution in [3.8, 4) is 0 Å². The first-order valence-electron chi connectivity index (χ1n) is 11.8. The Morgan fingerprint density at radius 1 is 1.23 bits per heavy atom. The molecule has 1 aromatic rings. The molecule has 1 saturated heterocycles. The highest BCUT2D eigenvalue weighted by molar-refractivity contribution is 5.87. The molecule has 172 valence electrons. The van der Waals surface area contributed by atoms with Gasteiger partial charge in [0.1, 0.15) is 11.9 Å². The number of carbonyl (C=O) groups excluding carboxylic acids is 1. The maximum absolute atomic E-state index is 12.6. The average molecular weight is 432 g/mol. The molecule has 3 N–H and O–H groups in total. The normalized spacial score (nSPS) is 21.6. The quantitative estimate of drug-likeness (QED) is 0.462. The van der Waals surface area contributed by atoms with E-state index in [9.17, 15) is 14.7 Å². The summed E-state index contributed by atoms with van der Waals surface area (Å²) >= 11 is 0. The van der Waals surface area contributed by atoms with Crippen molar-refractivity contribution in [3.63, 3.8) is 0 Å². The molecule has 3 heterocycles. The fourth-order valence-electron chi connectivity index (χ4n) is 4.40. The number of hydrogen-bond acceptors (Lipinski definition) is 5. The Labute approximate surface area is 185 Å². The molecule has 0 unspecified atom stereocenters. The van der Waals surface area contributed by atoms with Crippen LogP contribution in [0.15, 0.2) is 12.1 Å². The topological polar surface area (TPSA) is 101 Å². The van der Waals surface area contributed by atoms with Crippen molar-refractivity contribution < 1.29 is 19.4 Å². The molecule has 3 rings (SSSR count). The number of carboxylic acid groups (broad SMARTS) is 1. The number of hydrogen-bond donors (Lipinski definition) is 3. The molecule has 0 aliphatic carbocycles. The molecule has 2 atom stereocenters. The third-order valence-electron chi connectivity index (χ3n) is 6.47. The highest BCUT2D eigenvalue weighted by Crippen LogP contribution is 2.28. The van der Waals surface area contributed by atoms with Crippen LogP contribution in [0.2, 0.25) is 0 Å². The minimum Gasteiger partial charge on any atom is -0.480 e. The smallest absolute Gasteiger partial charge is 0.326 e. The highest BCUT2D eigenvalue weighted by atomic mass is 16.5. The fourth-order valence-corrected chi connectivity index (χ4v) is 4.40. The summed E-state index contributed by atoms with van der Waals surface area (Å²) in [6, 6.07) is 3.52. The molecule has 2 aliphatic heterocycles. The minimum absolute atomic E-state index is 0.202. The SMILES string of the molecule is C[C@@]1(C(=O)N[C@@H](CCCCCCCc2ccc3c(n2)NCCC3)C(=O)O)CCCOC1. The summed E-state index contributed by atoms with van der Waals surface area (Å²) in [5.74, 6) is -0.105. The summed E-state index contributed by atoms with van der Waals surface area (Å²) in [4.78, 5) is 28.9. The summed E-state index contributed by atoms with van der Waals surface area (Å²) < 4.78 is 5.43. The van der Waals surface area contributed by atoms with E-state index in [2.05, 4.69) is 22.8 Å². The Hall–Kier alpha value is -2.15. The van der Waals surface area contributed by atoms with Gasteiger partial charge in [-0.2, -0.15) is 0 Å². The van der Waals surface area contributed by atoms with Gasteiger partial charge in [0.15, 0.2) is 0 Å². The summed E-state index contributed by atoms with van der Waals surface area (Å²) in [6.45, 7) is 3.90. The van der Waals surface area contributed by atoms with Gasteiger partial charge in [0.25, 0.3) is 0 Å². The molecule has 1 aromatic heterocycles. The van der Waals surface area contributed by atoms with E-state index in [1.54, 1.807) is 0 Å². The third-order valence-corrected chi connectivity index (χ3v) is 6.47. The Morgan fingerprint density at radius 3 is 2.81 bits per heavy atom. The van der Waals surface area contributed by atoms with Crippen molar-refractivity contribution in [2.75, 3.05) is 25.1 Å². The van der Waals surface area contributed by atoms with E-state index in [0.717, 1.165) is 75.8 Å². The van der Waals surface area contributed by atoms with Gasteiger partial charge in [-0.3, -0.25) is 4.79 Å². The Bertz CT molecular complexity index is 746. The van der Waals surface area contributed by atoms with Gasteiger partial charge in [-0.15, -0.1) is 0 Å². The number of carboxylic acids is 1. The van der Waals surface area contributed by atoms with Crippen molar-refractivity contribution in [1.82, 2.24) is 10.3 Å². The summed E-state index contributed by atoms with van der Waals surface area (Å²) in [5, 5.41) is 15.6. The maximum atomic E-state index is 12.6. The van der Waals surface area contributed by atoms with E-state index < -0.39 is 17.4 Å². The van der Waals surface area contributed by atoms with Crippen molar-refractivity contribution in [2.24, 2.45) is 5.41 Å². The van der Waals surface area contributed by atoms with Crippen LogP contribution in [-0.4, -0.2) is 47.8 Å². The van der Waals surface area contributed by atoms with Gasteiger partial charge in [0.2, 0.25) is 5.91 Å². The number of unbranched alkanes of at least 4 members (excludes halogenated alkanes) is 4. The fraction of sp³-hybridized carbons (Fsp3) is 0.708. The van der Waals surface area contributed by atoms with Gasteiger partial charge >= 0.3 is 5.97 Å². The molecule has 1 amide bonds. The molecule has 7 heteroatoms. The van der Waals surface area contributed by atoms with Crippen molar-refractivity contribution in [2.45, 2.75) is 83.6 Å². The number of carbonyl (C=O) groups is 2. The first-order valence-corrected chi connectivity index (χ1v) is 11.8. The van der Waals surface area contributed by atoms with Crippen molar-refractivity contribution >= 4 is 17.7 Å². The summed E-state index contributed by atoms with van der Waals surface area (Å²) in [6.07, 6.45) is 10.3. The number of anilines is 1. The second kappa shape index (κ2) is 11.5. The predicted octanol–water partition coefficient (Wildman–Crippen LogP) is 3.71. The number of amides is 1. The Morgan fingerprint density at radius 2 is 2.03 bits per heavy atom. The van der Waals surface area contributed by atoms with E-state index in [4.69, 9.17) is 9.72 Å². The number of pyridine rings is 1. The molecule has 7 nitrogen and oxygen atoms in total. The molecule has 0 bridgehead atoms. The second-order valence-electron chi connectivity index (χ2n) is 9.23. The van der Waals surface area contributed by atoms with Crippen LogP contribution in [0.5, 0.6) is 0 Å². The molecular formula is C24H37N3O4. The standard InChI is InChI=1S/C24H37N3O4/c1-24(14-8-16-31-17-24)23(30)27-20(22(28)29)11-6-4-2-3-5-10-19-13-12-18-9-7-15-25-21(18)26-19/h12-13,20H,2-11,14-17H2,1H3,(H,25,26)(H,27,30)(H,28,29)/t20-,24+/m0/s1. The van der Waals surface area contributed by atoms with Gasteiger partial charge < -0.3 is 20.5 Å². The lowest BCUT2D eigenvalue weighted by Crippen LogP contribution is -2.50. The molecule has 2 aliphatic rings. The van der Waals surface area contributed by atoms with Gasteiger partial charge in [-0.05, 0) is 63.5 Å². The van der Waals surface area contributed by atoms with Gasteiger partial charge in [0, 0.05) is 18.8 Å². The van der Waals surface area contributed by atoms with Crippen LogP contribution in [0.3, 0.4) is 0 Å². The minimum atomic E-state index is -0.958. The molecule has 0 radical (unpaired) electrons. The van der Waals surface area contributed by atoms with Crippen LogP contribution in [0.4, 0.5) is 5.82 Å². The van der Waals surface area contributed by atoms with Crippen molar-refractivity contribution in [1.29, 1.82) is 0 Å². The number of aryl methyl sites for hydroxylation is 2. The zero-order valence-electron chi connectivity index (χ0n) is 18.8. The monoisotopic (exact) mass is 431 g/mol. The largest absolute Gasteiger partial charge is 0.480 e. The van der Waals surface area contributed by atoms with Crippen LogP contribution in [0.1, 0.15) is 76.0 Å². The van der Waals surface area contributed by atoms with Gasteiger partial charge in [0.05, 0.1) is 12.0 Å². The summed E-state index contributed by atoms with van der Waals surface area (Å²) in [7, 11) is 0. The van der Waals surface area contributed by atoms with E-state index in [1.807, 2.05) is 6.92 Å². The average Bonchev–Trinajstić information content (AvgIpc) is 2.77. The van der Waals surface area contributed by atoms with Crippen LogP contribution >= 0.6 is 0 Å². The first-order chi connectivity index (χ1) is 15.0. The zero-order valence-corrected chi connectivity index (χ0v) is 18.8. The number of aromatic nitrogens is 1. The molecule has 0 spiro atoms. The number of nitrogens with zero attached hydrogens (tertiary/aromatic N) is 1.